The average molecular weight is 165 g/mol. The molecule has 68 valence electrons. The van der Waals surface area contributed by atoms with Crippen LogP contribution in [0.25, 0.3) is 0 Å². The molecule has 0 heterocycles. The third kappa shape index (κ3) is 0.953. The van der Waals surface area contributed by atoms with E-state index in [1.54, 1.807) is 0 Å². The lowest BCUT2D eigenvalue weighted by molar-refractivity contribution is 0.373. The van der Waals surface area contributed by atoms with Gasteiger partial charge < -0.3 is 5.73 Å². The van der Waals surface area contributed by atoms with Gasteiger partial charge >= 0.3 is 0 Å². The van der Waals surface area contributed by atoms with Gasteiger partial charge in [0.15, 0.2) is 0 Å². The first-order valence-electron chi connectivity index (χ1n) is 5.59. The Kier molecular flexibility index (Phi) is 1.39. The summed E-state index contributed by atoms with van der Waals surface area (Å²) in [7, 11) is 0. The Hall–Kier alpha value is -0.0400. The minimum atomic E-state index is 0.331. The van der Waals surface area contributed by atoms with Gasteiger partial charge in [0.2, 0.25) is 0 Å². The van der Waals surface area contributed by atoms with Gasteiger partial charge in [-0.2, -0.15) is 0 Å². The smallest absolute Gasteiger partial charge is 0.0218 e. The van der Waals surface area contributed by atoms with E-state index in [1.165, 1.54) is 44.9 Å². The zero-order chi connectivity index (χ0) is 8.18. The third-order valence-corrected chi connectivity index (χ3v) is 4.41. The Bertz CT molecular complexity index is 191. The first-order chi connectivity index (χ1) is 5.81. The summed E-state index contributed by atoms with van der Waals surface area (Å²) >= 11 is 0. The van der Waals surface area contributed by atoms with Gasteiger partial charge in [-0.3, -0.25) is 0 Å². The van der Waals surface area contributed by atoms with Gasteiger partial charge in [-0.1, -0.05) is 12.8 Å². The van der Waals surface area contributed by atoms with Gasteiger partial charge in [0.25, 0.3) is 0 Å². The van der Waals surface area contributed by atoms with Crippen molar-refractivity contribution < 1.29 is 0 Å². The molecule has 0 bridgehead atoms. The Balaban J connectivity index is 1.67. The fourth-order valence-electron chi connectivity index (χ4n) is 3.36. The van der Waals surface area contributed by atoms with E-state index in [0.29, 0.717) is 5.54 Å². The van der Waals surface area contributed by atoms with Gasteiger partial charge in [0, 0.05) is 5.54 Å². The highest BCUT2D eigenvalue weighted by molar-refractivity contribution is 5.16. The third-order valence-electron chi connectivity index (χ3n) is 4.41. The Morgan fingerprint density at radius 2 is 1.67 bits per heavy atom. The average Bonchev–Trinajstić information content (AvgIpc) is 2.93. The van der Waals surface area contributed by atoms with Crippen molar-refractivity contribution in [1.82, 2.24) is 0 Å². The lowest BCUT2D eigenvalue weighted by Gasteiger charge is -2.19. The maximum atomic E-state index is 6.44. The molecule has 3 aliphatic rings. The number of nitrogens with two attached hydrogens (primary N) is 1. The summed E-state index contributed by atoms with van der Waals surface area (Å²) in [5.41, 5.74) is 6.77. The second kappa shape index (κ2) is 2.25. The van der Waals surface area contributed by atoms with Crippen LogP contribution in [0.5, 0.6) is 0 Å². The summed E-state index contributed by atoms with van der Waals surface area (Å²) in [6.45, 7) is 0. The van der Waals surface area contributed by atoms with Crippen LogP contribution in [-0.4, -0.2) is 5.54 Å². The molecular formula is C11H19N. The first-order valence-corrected chi connectivity index (χ1v) is 5.59. The minimum Gasteiger partial charge on any atom is -0.325 e. The van der Waals surface area contributed by atoms with Crippen LogP contribution in [0.1, 0.15) is 44.9 Å². The molecule has 0 radical (unpaired) electrons. The molecular weight excluding hydrogens is 146 g/mol. The molecule has 0 spiro atoms. The van der Waals surface area contributed by atoms with Gasteiger partial charge in [0.1, 0.15) is 0 Å². The highest BCUT2D eigenvalue weighted by Gasteiger charge is 2.60. The van der Waals surface area contributed by atoms with Crippen molar-refractivity contribution in [2.24, 2.45) is 23.5 Å². The van der Waals surface area contributed by atoms with Crippen molar-refractivity contribution in [2.75, 3.05) is 0 Å². The second-order valence-corrected chi connectivity index (χ2v) is 5.24. The molecule has 2 unspecified atom stereocenters. The number of rotatable bonds is 2. The van der Waals surface area contributed by atoms with E-state index < -0.39 is 0 Å². The molecule has 0 aromatic heterocycles. The molecule has 0 aliphatic heterocycles. The summed E-state index contributed by atoms with van der Waals surface area (Å²) in [6.07, 6.45) is 10.1. The molecule has 0 amide bonds. The topological polar surface area (TPSA) is 26.0 Å². The van der Waals surface area contributed by atoms with Crippen LogP contribution in [-0.2, 0) is 0 Å². The van der Waals surface area contributed by atoms with Crippen LogP contribution in [0.2, 0.25) is 0 Å². The summed E-state index contributed by atoms with van der Waals surface area (Å²) < 4.78 is 0. The Morgan fingerprint density at radius 1 is 1.00 bits per heavy atom. The monoisotopic (exact) mass is 165 g/mol. The SMILES string of the molecule is NC1(C2CCCC2)CC1C1CC1. The first kappa shape index (κ1) is 7.37. The van der Waals surface area contributed by atoms with E-state index in [9.17, 15) is 0 Å². The van der Waals surface area contributed by atoms with Crippen LogP contribution >= 0.6 is 0 Å². The Morgan fingerprint density at radius 3 is 2.25 bits per heavy atom. The van der Waals surface area contributed by atoms with Crippen molar-refractivity contribution in [1.29, 1.82) is 0 Å². The highest BCUT2D eigenvalue weighted by Crippen LogP contribution is 2.61. The Labute approximate surface area is 74.7 Å². The summed E-state index contributed by atoms with van der Waals surface area (Å²) in [4.78, 5) is 0. The predicted octanol–water partition coefficient (Wildman–Crippen LogP) is 2.30. The highest BCUT2D eigenvalue weighted by atomic mass is 14.9. The van der Waals surface area contributed by atoms with Gasteiger partial charge in [0.05, 0.1) is 0 Å². The molecule has 3 fully saturated rings. The van der Waals surface area contributed by atoms with E-state index in [4.69, 9.17) is 5.73 Å². The molecule has 0 aromatic rings. The zero-order valence-electron chi connectivity index (χ0n) is 7.76. The van der Waals surface area contributed by atoms with Crippen molar-refractivity contribution in [3.8, 4) is 0 Å². The lowest BCUT2D eigenvalue weighted by atomic mass is 9.93. The summed E-state index contributed by atoms with van der Waals surface area (Å²) in [5.74, 6) is 2.90. The van der Waals surface area contributed by atoms with Crippen LogP contribution in [0.15, 0.2) is 0 Å². The summed E-state index contributed by atoms with van der Waals surface area (Å²) in [5, 5.41) is 0. The van der Waals surface area contributed by atoms with Crippen LogP contribution in [0.3, 0.4) is 0 Å². The van der Waals surface area contributed by atoms with Gasteiger partial charge in [-0.05, 0) is 49.9 Å². The van der Waals surface area contributed by atoms with Gasteiger partial charge in [-0.15, -0.1) is 0 Å². The largest absolute Gasteiger partial charge is 0.325 e. The van der Waals surface area contributed by atoms with Crippen molar-refractivity contribution in [3.05, 3.63) is 0 Å². The number of hydrogen-bond donors (Lipinski definition) is 1. The van der Waals surface area contributed by atoms with Gasteiger partial charge in [-0.25, -0.2) is 0 Å². The molecule has 3 rings (SSSR count). The van der Waals surface area contributed by atoms with Crippen molar-refractivity contribution >= 4 is 0 Å². The van der Waals surface area contributed by atoms with E-state index in [0.717, 1.165) is 17.8 Å². The molecule has 2 atom stereocenters. The molecule has 1 nitrogen and oxygen atoms in total. The fraction of sp³-hybridized carbons (Fsp3) is 1.00. The van der Waals surface area contributed by atoms with Crippen LogP contribution < -0.4 is 5.73 Å². The molecule has 3 aliphatic carbocycles. The van der Waals surface area contributed by atoms with Crippen molar-refractivity contribution in [3.63, 3.8) is 0 Å². The normalized spacial score (nSPS) is 48.2. The van der Waals surface area contributed by atoms with Crippen molar-refractivity contribution in [2.45, 2.75) is 50.5 Å². The van der Waals surface area contributed by atoms with Crippen LogP contribution in [0.4, 0.5) is 0 Å². The predicted molar refractivity (Wildman–Crippen MR) is 49.7 cm³/mol. The molecule has 0 aromatic carbocycles. The molecule has 0 saturated heterocycles. The quantitative estimate of drug-likeness (QED) is 0.667. The van der Waals surface area contributed by atoms with E-state index in [1.807, 2.05) is 0 Å². The molecule has 1 heteroatoms. The van der Waals surface area contributed by atoms with E-state index in [2.05, 4.69) is 0 Å². The maximum Gasteiger partial charge on any atom is 0.0218 e. The fourth-order valence-corrected chi connectivity index (χ4v) is 3.36. The van der Waals surface area contributed by atoms with Crippen LogP contribution in [0, 0.1) is 17.8 Å². The second-order valence-electron chi connectivity index (χ2n) is 5.24. The lowest BCUT2D eigenvalue weighted by Crippen LogP contribution is -2.33. The maximum absolute atomic E-state index is 6.44. The van der Waals surface area contributed by atoms with E-state index in [-0.39, 0.29) is 0 Å². The minimum absolute atomic E-state index is 0.331. The molecule has 2 N–H and O–H groups in total. The summed E-state index contributed by atoms with van der Waals surface area (Å²) in [6, 6.07) is 0. The molecule has 3 saturated carbocycles. The number of hydrogen-bond acceptors (Lipinski definition) is 1. The zero-order valence-corrected chi connectivity index (χ0v) is 7.76. The molecule has 12 heavy (non-hydrogen) atoms. The van der Waals surface area contributed by atoms with E-state index >= 15 is 0 Å². The standard InChI is InChI=1S/C11H19N/c12-11(9-3-1-2-4-9)7-10(11)8-5-6-8/h8-10H,1-7,12H2.